The van der Waals surface area contributed by atoms with Gasteiger partial charge in [-0.25, -0.2) is 4.39 Å². The maximum Gasteiger partial charge on any atom is 0.124 e. The number of ether oxygens (including phenoxy) is 1. The number of benzene rings is 1. The normalized spacial score (nSPS) is 16.5. The average Bonchev–Trinajstić information content (AvgIpc) is 2.49. The standard InChI is InChI=1S/C17H23FN2O/c1-2-21-17-7-10-20(11-8-17)13-15-5-6-16(18)12-14(15)4-3-9-19/h5-6,12,17H,2,7-11,13,19H2,1H3. The Morgan fingerprint density at radius 3 is 2.81 bits per heavy atom. The zero-order chi connectivity index (χ0) is 15.1. The second-order valence-electron chi connectivity index (χ2n) is 5.24. The van der Waals surface area contributed by atoms with Gasteiger partial charge in [0.1, 0.15) is 5.82 Å². The van der Waals surface area contributed by atoms with E-state index in [-0.39, 0.29) is 12.4 Å². The van der Waals surface area contributed by atoms with Gasteiger partial charge in [-0.15, -0.1) is 0 Å². The molecule has 0 unspecified atom stereocenters. The van der Waals surface area contributed by atoms with E-state index in [0.717, 1.165) is 50.2 Å². The minimum absolute atomic E-state index is 0.255. The number of nitrogens with two attached hydrogens (primary N) is 1. The average molecular weight is 290 g/mol. The second kappa shape index (κ2) is 8.14. The van der Waals surface area contributed by atoms with Crippen LogP contribution >= 0.6 is 0 Å². The van der Waals surface area contributed by atoms with Gasteiger partial charge >= 0.3 is 0 Å². The maximum absolute atomic E-state index is 13.4. The number of rotatable bonds is 4. The third-order valence-corrected chi connectivity index (χ3v) is 3.73. The quantitative estimate of drug-likeness (QED) is 0.864. The number of hydrogen-bond donors (Lipinski definition) is 1. The lowest BCUT2D eigenvalue weighted by Gasteiger charge is -2.31. The Labute approximate surface area is 126 Å². The Morgan fingerprint density at radius 2 is 2.14 bits per heavy atom. The maximum atomic E-state index is 13.4. The van der Waals surface area contributed by atoms with E-state index in [9.17, 15) is 4.39 Å². The van der Waals surface area contributed by atoms with E-state index in [1.807, 2.05) is 13.0 Å². The Kier molecular flexibility index (Phi) is 6.19. The summed E-state index contributed by atoms with van der Waals surface area (Å²) in [5.41, 5.74) is 7.21. The number of piperidine rings is 1. The molecule has 2 N–H and O–H groups in total. The first kappa shape index (κ1) is 16.0. The van der Waals surface area contributed by atoms with E-state index in [4.69, 9.17) is 10.5 Å². The summed E-state index contributed by atoms with van der Waals surface area (Å²) in [6, 6.07) is 4.81. The highest BCUT2D eigenvalue weighted by Crippen LogP contribution is 2.18. The largest absolute Gasteiger partial charge is 0.378 e. The molecule has 4 heteroatoms. The van der Waals surface area contributed by atoms with Crippen molar-refractivity contribution in [2.75, 3.05) is 26.2 Å². The van der Waals surface area contributed by atoms with Gasteiger partial charge in [0.2, 0.25) is 0 Å². The zero-order valence-corrected chi connectivity index (χ0v) is 12.6. The van der Waals surface area contributed by atoms with E-state index in [1.54, 1.807) is 0 Å². The Morgan fingerprint density at radius 1 is 1.38 bits per heavy atom. The highest BCUT2D eigenvalue weighted by atomic mass is 19.1. The minimum Gasteiger partial charge on any atom is -0.378 e. The Balaban J connectivity index is 2.00. The molecular formula is C17H23FN2O. The number of hydrogen-bond acceptors (Lipinski definition) is 3. The summed E-state index contributed by atoms with van der Waals surface area (Å²) in [4.78, 5) is 2.37. The Bertz CT molecular complexity index is 513. The van der Waals surface area contributed by atoms with Gasteiger partial charge in [-0.2, -0.15) is 0 Å². The molecule has 0 radical (unpaired) electrons. The molecular weight excluding hydrogens is 267 g/mol. The highest BCUT2D eigenvalue weighted by molar-refractivity contribution is 5.41. The molecule has 2 rings (SSSR count). The van der Waals surface area contributed by atoms with Crippen molar-refractivity contribution in [3.63, 3.8) is 0 Å². The molecule has 1 heterocycles. The first-order valence-electron chi connectivity index (χ1n) is 7.54. The molecule has 1 aliphatic heterocycles. The predicted molar refractivity (Wildman–Crippen MR) is 82.3 cm³/mol. The molecule has 114 valence electrons. The molecule has 0 aromatic heterocycles. The van der Waals surface area contributed by atoms with Gasteiger partial charge in [0.05, 0.1) is 12.6 Å². The van der Waals surface area contributed by atoms with Crippen LogP contribution in [0.2, 0.25) is 0 Å². The molecule has 0 atom stereocenters. The monoisotopic (exact) mass is 290 g/mol. The van der Waals surface area contributed by atoms with Crippen LogP contribution in [0.5, 0.6) is 0 Å². The lowest BCUT2D eigenvalue weighted by atomic mass is 10.0. The minimum atomic E-state index is -0.255. The van der Waals surface area contributed by atoms with Crippen LogP contribution in [0.1, 0.15) is 30.9 Å². The topological polar surface area (TPSA) is 38.5 Å². The van der Waals surface area contributed by atoms with Crippen LogP contribution in [0.15, 0.2) is 18.2 Å². The molecule has 1 aromatic carbocycles. The van der Waals surface area contributed by atoms with E-state index < -0.39 is 0 Å². The van der Waals surface area contributed by atoms with Gasteiger partial charge in [-0.05, 0) is 37.5 Å². The molecule has 21 heavy (non-hydrogen) atoms. The molecule has 3 nitrogen and oxygen atoms in total. The molecule has 1 fully saturated rings. The SMILES string of the molecule is CCOC1CCN(Cc2ccc(F)cc2C#CCN)CC1. The summed E-state index contributed by atoms with van der Waals surface area (Å²) < 4.78 is 19.0. The van der Waals surface area contributed by atoms with Gasteiger partial charge in [0.25, 0.3) is 0 Å². The fourth-order valence-electron chi connectivity index (χ4n) is 2.66. The van der Waals surface area contributed by atoms with Crippen LogP contribution in [-0.2, 0) is 11.3 Å². The van der Waals surface area contributed by atoms with E-state index in [0.29, 0.717) is 6.10 Å². The van der Waals surface area contributed by atoms with Crippen LogP contribution in [0.4, 0.5) is 4.39 Å². The summed E-state index contributed by atoms with van der Waals surface area (Å²) >= 11 is 0. The molecule has 1 aromatic rings. The predicted octanol–water partition coefficient (Wildman–Crippen LogP) is 2.14. The Hall–Kier alpha value is -1.41. The van der Waals surface area contributed by atoms with Gasteiger partial charge in [0.15, 0.2) is 0 Å². The van der Waals surface area contributed by atoms with Crippen LogP contribution in [0.3, 0.4) is 0 Å². The first-order chi connectivity index (χ1) is 10.2. The molecule has 0 saturated carbocycles. The lowest BCUT2D eigenvalue weighted by molar-refractivity contribution is 0.0125. The van der Waals surface area contributed by atoms with Gasteiger partial charge in [-0.1, -0.05) is 17.9 Å². The van der Waals surface area contributed by atoms with Crippen LogP contribution in [0.25, 0.3) is 0 Å². The summed E-state index contributed by atoms with van der Waals surface area (Å²) in [6.45, 7) is 5.91. The highest BCUT2D eigenvalue weighted by Gasteiger charge is 2.19. The van der Waals surface area contributed by atoms with Crippen molar-refractivity contribution in [1.82, 2.24) is 4.90 Å². The second-order valence-corrected chi connectivity index (χ2v) is 5.24. The van der Waals surface area contributed by atoms with Crippen LogP contribution in [0, 0.1) is 17.7 Å². The fraction of sp³-hybridized carbons (Fsp3) is 0.529. The first-order valence-corrected chi connectivity index (χ1v) is 7.54. The third-order valence-electron chi connectivity index (χ3n) is 3.73. The fourth-order valence-corrected chi connectivity index (χ4v) is 2.66. The number of nitrogens with zero attached hydrogens (tertiary/aromatic N) is 1. The van der Waals surface area contributed by atoms with Crippen molar-refractivity contribution < 1.29 is 9.13 Å². The molecule has 0 amide bonds. The molecule has 1 saturated heterocycles. The molecule has 0 spiro atoms. The van der Waals surface area contributed by atoms with E-state index in [1.165, 1.54) is 12.1 Å². The summed E-state index contributed by atoms with van der Waals surface area (Å²) in [6.07, 6.45) is 2.49. The van der Waals surface area contributed by atoms with Crippen molar-refractivity contribution in [3.8, 4) is 11.8 Å². The number of likely N-dealkylation sites (tertiary alicyclic amines) is 1. The summed E-state index contributed by atoms with van der Waals surface area (Å²) in [7, 11) is 0. The zero-order valence-electron chi connectivity index (χ0n) is 12.6. The van der Waals surface area contributed by atoms with Gasteiger partial charge < -0.3 is 10.5 Å². The molecule has 0 aliphatic carbocycles. The van der Waals surface area contributed by atoms with Crippen LogP contribution < -0.4 is 5.73 Å². The third kappa shape index (κ3) is 4.82. The van der Waals surface area contributed by atoms with E-state index >= 15 is 0 Å². The van der Waals surface area contributed by atoms with Crippen molar-refractivity contribution in [2.24, 2.45) is 5.73 Å². The van der Waals surface area contributed by atoms with Crippen molar-refractivity contribution in [3.05, 3.63) is 35.1 Å². The van der Waals surface area contributed by atoms with Crippen LogP contribution in [-0.4, -0.2) is 37.2 Å². The van der Waals surface area contributed by atoms with E-state index in [2.05, 4.69) is 16.7 Å². The van der Waals surface area contributed by atoms with Gasteiger partial charge in [0, 0.05) is 31.8 Å². The van der Waals surface area contributed by atoms with Crippen molar-refractivity contribution >= 4 is 0 Å². The molecule has 1 aliphatic rings. The summed E-state index contributed by atoms with van der Waals surface area (Å²) in [5, 5.41) is 0. The smallest absolute Gasteiger partial charge is 0.124 e. The number of halogens is 1. The molecule has 0 bridgehead atoms. The van der Waals surface area contributed by atoms with Crippen molar-refractivity contribution in [2.45, 2.75) is 32.4 Å². The van der Waals surface area contributed by atoms with Gasteiger partial charge in [-0.3, -0.25) is 4.90 Å². The summed E-state index contributed by atoms with van der Waals surface area (Å²) in [5.74, 6) is 5.52. The lowest BCUT2D eigenvalue weighted by Crippen LogP contribution is -2.36. The van der Waals surface area contributed by atoms with Crippen molar-refractivity contribution in [1.29, 1.82) is 0 Å².